The van der Waals surface area contributed by atoms with Crippen LogP contribution in [-0.4, -0.2) is 34.7 Å². The zero-order valence-corrected chi connectivity index (χ0v) is 15.2. The molecule has 0 aliphatic carbocycles. The van der Waals surface area contributed by atoms with Gasteiger partial charge in [-0.3, -0.25) is 9.59 Å². The Hall–Kier alpha value is -3.61. The van der Waals surface area contributed by atoms with E-state index in [1.165, 1.54) is 0 Å². The first-order valence-electron chi connectivity index (χ1n) is 9.09. The molecule has 1 aliphatic rings. The van der Waals surface area contributed by atoms with Crippen LogP contribution in [0, 0.1) is 0 Å². The summed E-state index contributed by atoms with van der Waals surface area (Å²) in [6.07, 6.45) is 3.79. The van der Waals surface area contributed by atoms with Gasteiger partial charge >= 0.3 is 0 Å². The lowest BCUT2D eigenvalue weighted by Crippen LogP contribution is -2.41. The highest BCUT2D eigenvalue weighted by atomic mass is 16.5. The Morgan fingerprint density at radius 3 is 2.68 bits per heavy atom. The number of ether oxygens (including phenoxy) is 1. The van der Waals surface area contributed by atoms with Gasteiger partial charge in [-0.2, -0.15) is 5.10 Å². The van der Waals surface area contributed by atoms with Gasteiger partial charge < -0.3 is 15.0 Å². The molecule has 0 unspecified atom stereocenters. The van der Waals surface area contributed by atoms with E-state index >= 15 is 0 Å². The maximum absolute atomic E-state index is 12.4. The van der Waals surface area contributed by atoms with Crippen LogP contribution in [0.15, 0.2) is 67.0 Å². The smallest absolute Gasteiger partial charge is 0.265 e. The number of para-hydroxylation sites is 3. The number of hydrogen-bond acceptors (Lipinski definition) is 4. The number of rotatable bonds is 6. The molecule has 1 aliphatic heterocycles. The first-order valence-corrected chi connectivity index (χ1v) is 9.09. The van der Waals surface area contributed by atoms with Crippen molar-refractivity contribution in [3.05, 3.63) is 72.6 Å². The van der Waals surface area contributed by atoms with Crippen molar-refractivity contribution in [1.82, 2.24) is 15.1 Å². The van der Waals surface area contributed by atoms with Crippen LogP contribution in [0.3, 0.4) is 0 Å². The molecule has 2 aromatic carbocycles. The number of carbonyl (C=O) groups is 2. The van der Waals surface area contributed by atoms with Gasteiger partial charge in [-0.15, -0.1) is 0 Å². The summed E-state index contributed by atoms with van der Waals surface area (Å²) in [7, 11) is 0. The van der Waals surface area contributed by atoms with Crippen LogP contribution in [0.2, 0.25) is 0 Å². The van der Waals surface area contributed by atoms with Crippen LogP contribution in [-0.2, 0) is 16.1 Å². The minimum Gasteiger partial charge on any atom is -0.482 e. The zero-order valence-electron chi connectivity index (χ0n) is 15.2. The van der Waals surface area contributed by atoms with Crippen LogP contribution >= 0.6 is 0 Å². The quantitative estimate of drug-likeness (QED) is 0.716. The van der Waals surface area contributed by atoms with E-state index in [4.69, 9.17) is 4.74 Å². The average Bonchev–Trinajstić information content (AvgIpc) is 3.26. The van der Waals surface area contributed by atoms with Gasteiger partial charge in [0.1, 0.15) is 5.75 Å². The minimum absolute atomic E-state index is 0.00409. The van der Waals surface area contributed by atoms with Crippen LogP contribution in [0.25, 0.3) is 5.69 Å². The molecule has 4 rings (SSSR count). The molecular weight excluding hydrogens is 356 g/mol. The molecule has 2 amide bonds. The zero-order chi connectivity index (χ0) is 19.3. The predicted molar refractivity (Wildman–Crippen MR) is 104 cm³/mol. The maximum atomic E-state index is 12.4. The molecule has 0 atom stereocenters. The molecule has 0 radical (unpaired) electrons. The molecule has 0 saturated carbocycles. The van der Waals surface area contributed by atoms with Gasteiger partial charge in [0, 0.05) is 31.9 Å². The van der Waals surface area contributed by atoms with E-state index in [0.717, 1.165) is 11.3 Å². The van der Waals surface area contributed by atoms with Crippen LogP contribution in [0.5, 0.6) is 5.75 Å². The van der Waals surface area contributed by atoms with E-state index in [1.54, 1.807) is 15.8 Å². The lowest BCUT2D eigenvalue weighted by atomic mass is 10.1. The summed E-state index contributed by atoms with van der Waals surface area (Å²) in [6.45, 7) is 0.699. The van der Waals surface area contributed by atoms with E-state index in [0.29, 0.717) is 24.5 Å². The molecule has 7 nitrogen and oxygen atoms in total. The van der Waals surface area contributed by atoms with Crippen molar-refractivity contribution in [2.24, 2.45) is 0 Å². The van der Waals surface area contributed by atoms with E-state index in [-0.39, 0.29) is 24.8 Å². The van der Waals surface area contributed by atoms with Crippen molar-refractivity contribution in [3.8, 4) is 11.4 Å². The Morgan fingerprint density at radius 2 is 1.86 bits per heavy atom. The number of anilines is 1. The normalized spacial score (nSPS) is 13.0. The van der Waals surface area contributed by atoms with E-state index in [1.807, 2.05) is 60.8 Å². The lowest BCUT2D eigenvalue weighted by Gasteiger charge is -2.29. The fourth-order valence-corrected chi connectivity index (χ4v) is 3.19. The largest absolute Gasteiger partial charge is 0.482 e. The summed E-state index contributed by atoms with van der Waals surface area (Å²) >= 11 is 0. The first kappa shape index (κ1) is 17.8. The summed E-state index contributed by atoms with van der Waals surface area (Å²) in [5, 5.41) is 7.18. The monoisotopic (exact) mass is 376 g/mol. The predicted octanol–water partition coefficient (Wildman–Crippen LogP) is 2.30. The molecule has 3 aromatic rings. The number of aromatic nitrogens is 2. The topological polar surface area (TPSA) is 76.5 Å². The highest BCUT2D eigenvalue weighted by molar-refractivity contribution is 5.98. The van der Waals surface area contributed by atoms with Crippen molar-refractivity contribution < 1.29 is 14.3 Å². The second kappa shape index (κ2) is 7.96. The first-order chi connectivity index (χ1) is 13.7. The third-order valence-corrected chi connectivity index (χ3v) is 4.59. The second-order valence-corrected chi connectivity index (χ2v) is 6.41. The molecule has 0 spiro atoms. The molecule has 2 heterocycles. The standard InChI is InChI=1S/C21H20N4O3/c26-20(10-13-24-18-8-3-4-9-19(18)28-15-21(24)27)22-14-16-6-1-2-7-17(16)25-12-5-11-23-25/h1-9,11-12H,10,13-15H2,(H,22,26). The van der Waals surface area contributed by atoms with Crippen LogP contribution < -0.4 is 15.0 Å². The van der Waals surface area contributed by atoms with Gasteiger partial charge in [-0.1, -0.05) is 30.3 Å². The van der Waals surface area contributed by atoms with Crippen molar-refractivity contribution in [2.45, 2.75) is 13.0 Å². The fraction of sp³-hybridized carbons (Fsp3) is 0.190. The summed E-state index contributed by atoms with van der Waals surface area (Å²) in [4.78, 5) is 26.2. The average molecular weight is 376 g/mol. The van der Waals surface area contributed by atoms with Gasteiger partial charge in [0.15, 0.2) is 6.61 Å². The highest BCUT2D eigenvalue weighted by Gasteiger charge is 2.25. The molecule has 0 saturated heterocycles. The molecule has 142 valence electrons. The van der Waals surface area contributed by atoms with Crippen molar-refractivity contribution >= 4 is 17.5 Å². The summed E-state index contributed by atoms with van der Waals surface area (Å²) in [5.74, 6) is 0.401. The minimum atomic E-state index is -0.143. The maximum Gasteiger partial charge on any atom is 0.265 e. The van der Waals surface area contributed by atoms with E-state index < -0.39 is 0 Å². The number of benzene rings is 2. The lowest BCUT2D eigenvalue weighted by molar-refractivity contribution is -0.122. The van der Waals surface area contributed by atoms with Gasteiger partial charge in [0.25, 0.3) is 5.91 Å². The van der Waals surface area contributed by atoms with Crippen molar-refractivity contribution in [1.29, 1.82) is 0 Å². The molecule has 0 bridgehead atoms. The third kappa shape index (κ3) is 3.73. The number of nitrogens with zero attached hydrogens (tertiary/aromatic N) is 3. The van der Waals surface area contributed by atoms with Crippen molar-refractivity contribution in [2.75, 3.05) is 18.1 Å². The number of hydrogen-bond donors (Lipinski definition) is 1. The van der Waals surface area contributed by atoms with Gasteiger partial charge in [0.2, 0.25) is 5.91 Å². The number of carbonyl (C=O) groups excluding carboxylic acids is 2. The Balaban J connectivity index is 1.37. The molecule has 1 N–H and O–H groups in total. The number of amides is 2. The number of nitrogens with one attached hydrogen (secondary N) is 1. The fourth-order valence-electron chi connectivity index (χ4n) is 3.19. The Labute approximate surface area is 162 Å². The SMILES string of the molecule is O=C(CCN1C(=O)COc2ccccc21)NCc1ccccc1-n1cccn1. The molecule has 7 heteroatoms. The Bertz CT molecular complexity index is 985. The van der Waals surface area contributed by atoms with Crippen LogP contribution in [0.1, 0.15) is 12.0 Å². The van der Waals surface area contributed by atoms with E-state index in [2.05, 4.69) is 10.4 Å². The molecular formula is C21H20N4O3. The molecule has 28 heavy (non-hydrogen) atoms. The van der Waals surface area contributed by atoms with Gasteiger partial charge in [-0.25, -0.2) is 4.68 Å². The Morgan fingerprint density at radius 1 is 1.07 bits per heavy atom. The summed E-state index contributed by atoms with van der Waals surface area (Å²) in [5.41, 5.74) is 2.59. The second-order valence-electron chi connectivity index (χ2n) is 6.41. The van der Waals surface area contributed by atoms with E-state index in [9.17, 15) is 9.59 Å². The van der Waals surface area contributed by atoms with Crippen molar-refractivity contribution in [3.63, 3.8) is 0 Å². The highest BCUT2D eigenvalue weighted by Crippen LogP contribution is 2.31. The molecule has 1 aromatic heterocycles. The summed E-state index contributed by atoms with van der Waals surface area (Å²) in [6, 6.07) is 17.0. The van der Waals surface area contributed by atoms with Gasteiger partial charge in [-0.05, 0) is 29.8 Å². The van der Waals surface area contributed by atoms with Gasteiger partial charge in [0.05, 0.1) is 11.4 Å². The number of fused-ring (bicyclic) bond motifs is 1. The summed E-state index contributed by atoms with van der Waals surface area (Å²) < 4.78 is 7.20. The third-order valence-electron chi connectivity index (χ3n) is 4.59. The van der Waals surface area contributed by atoms with Crippen LogP contribution in [0.4, 0.5) is 5.69 Å². The Kier molecular flexibility index (Phi) is 5.05. The molecule has 0 fully saturated rings.